The molecule has 166 valence electrons. The van der Waals surface area contributed by atoms with Gasteiger partial charge in [0.1, 0.15) is 0 Å². The largest absolute Gasteiger partial charge is 0.455 e. The molecule has 9 heteroatoms. The van der Waals surface area contributed by atoms with Crippen molar-refractivity contribution in [1.82, 2.24) is 10.2 Å². The van der Waals surface area contributed by atoms with Crippen molar-refractivity contribution in [2.75, 3.05) is 19.7 Å². The molecule has 1 heterocycles. The maximum Gasteiger partial charge on any atom is 0.416 e. The summed E-state index contributed by atoms with van der Waals surface area (Å²) in [6.07, 6.45) is -2.98. The fourth-order valence-electron chi connectivity index (χ4n) is 3.06. The topological polar surface area (TPSA) is 75.7 Å². The Labute approximate surface area is 173 Å². The second-order valence-corrected chi connectivity index (χ2v) is 8.03. The van der Waals surface area contributed by atoms with Crippen molar-refractivity contribution >= 4 is 17.8 Å². The number of likely N-dealkylation sites (tertiary alicyclic amines) is 1. The summed E-state index contributed by atoms with van der Waals surface area (Å²) in [5.41, 5.74) is -1.03. The summed E-state index contributed by atoms with van der Waals surface area (Å²) >= 11 is 0. The number of nitrogens with one attached hydrogen (secondary N) is 1. The molecule has 0 aliphatic carbocycles. The van der Waals surface area contributed by atoms with Crippen LogP contribution in [0.15, 0.2) is 24.3 Å². The van der Waals surface area contributed by atoms with E-state index in [4.69, 9.17) is 4.74 Å². The van der Waals surface area contributed by atoms with Crippen LogP contribution in [0.4, 0.5) is 13.2 Å². The maximum absolute atomic E-state index is 12.6. The molecule has 30 heavy (non-hydrogen) atoms. The van der Waals surface area contributed by atoms with Gasteiger partial charge < -0.3 is 15.0 Å². The Hall–Kier alpha value is -2.58. The number of carbonyl (C=O) groups is 3. The van der Waals surface area contributed by atoms with E-state index < -0.39 is 23.6 Å². The average Bonchev–Trinajstić information content (AvgIpc) is 2.70. The lowest BCUT2D eigenvalue weighted by Gasteiger charge is -2.31. The van der Waals surface area contributed by atoms with E-state index in [-0.39, 0.29) is 42.6 Å². The number of hydrogen-bond acceptors (Lipinski definition) is 4. The molecule has 1 aromatic carbocycles. The lowest BCUT2D eigenvalue weighted by molar-refractivity contribution is -0.154. The standard InChI is InChI=1S/C21H27F3N2O4/c1-4-20(2,3)25-17(27)13-30-19(29)15-9-11-26(12-10-15)18(28)14-5-7-16(8-6-14)21(22,23)24/h5-8,15H,4,9-13H2,1-3H3,(H,25,27). The number of ether oxygens (including phenoxy) is 1. The lowest BCUT2D eigenvalue weighted by Crippen LogP contribution is -2.45. The highest BCUT2D eigenvalue weighted by atomic mass is 19.4. The first-order chi connectivity index (χ1) is 13.9. The van der Waals surface area contributed by atoms with Crippen LogP contribution in [0.3, 0.4) is 0 Å². The van der Waals surface area contributed by atoms with Crippen LogP contribution in [-0.4, -0.2) is 47.9 Å². The van der Waals surface area contributed by atoms with Crippen molar-refractivity contribution in [2.45, 2.75) is 51.7 Å². The Kier molecular flexibility index (Phi) is 7.49. The molecule has 0 radical (unpaired) electrons. The summed E-state index contributed by atoms with van der Waals surface area (Å²) in [5.74, 6) is -1.66. The Morgan fingerprint density at radius 1 is 1.10 bits per heavy atom. The number of alkyl halides is 3. The summed E-state index contributed by atoms with van der Waals surface area (Å²) < 4.78 is 43.0. The predicted octanol–water partition coefficient (Wildman–Crippen LogP) is 3.41. The molecule has 6 nitrogen and oxygen atoms in total. The molecule has 1 N–H and O–H groups in total. The molecular formula is C21H27F3N2O4. The highest BCUT2D eigenvalue weighted by Gasteiger charge is 2.32. The van der Waals surface area contributed by atoms with Gasteiger partial charge in [-0.1, -0.05) is 6.92 Å². The predicted molar refractivity (Wildman–Crippen MR) is 104 cm³/mol. The van der Waals surface area contributed by atoms with Gasteiger partial charge in [0.05, 0.1) is 11.5 Å². The molecule has 2 amide bonds. The zero-order valence-electron chi connectivity index (χ0n) is 17.3. The van der Waals surface area contributed by atoms with Crippen LogP contribution in [0.2, 0.25) is 0 Å². The third-order valence-electron chi connectivity index (χ3n) is 5.28. The van der Waals surface area contributed by atoms with Crippen molar-refractivity contribution in [3.63, 3.8) is 0 Å². The van der Waals surface area contributed by atoms with E-state index >= 15 is 0 Å². The third kappa shape index (κ3) is 6.47. The monoisotopic (exact) mass is 428 g/mol. The number of benzene rings is 1. The minimum atomic E-state index is -4.45. The Morgan fingerprint density at radius 2 is 1.67 bits per heavy atom. The molecule has 1 aliphatic heterocycles. The average molecular weight is 428 g/mol. The molecule has 0 spiro atoms. The van der Waals surface area contributed by atoms with Gasteiger partial charge in [0, 0.05) is 24.2 Å². The van der Waals surface area contributed by atoms with Crippen LogP contribution in [0.25, 0.3) is 0 Å². The van der Waals surface area contributed by atoms with Crippen molar-refractivity contribution in [2.24, 2.45) is 5.92 Å². The van der Waals surface area contributed by atoms with Crippen molar-refractivity contribution in [3.05, 3.63) is 35.4 Å². The summed E-state index contributed by atoms with van der Waals surface area (Å²) in [5, 5.41) is 2.78. The Morgan fingerprint density at radius 3 is 2.17 bits per heavy atom. The maximum atomic E-state index is 12.6. The van der Waals surface area contributed by atoms with Gasteiger partial charge in [-0.05, 0) is 57.4 Å². The zero-order valence-corrected chi connectivity index (χ0v) is 17.3. The van der Waals surface area contributed by atoms with Crippen LogP contribution in [0, 0.1) is 5.92 Å². The number of nitrogens with zero attached hydrogens (tertiary/aromatic N) is 1. The first kappa shape index (κ1) is 23.7. The van der Waals surface area contributed by atoms with E-state index in [2.05, 4.69) is 5.32 Å². The summed E-state index contributed by atoms with van der Waals surface area (Å²) in [6, 6.07) is 4.06. The van der Waals surface area contributed by atoms with Gasteiger partial charge >= 0.3 is 12.1 Å². The number of carbonyl (C=O) groups excluding carboxylic acids is 3. The SMILES string of the molecule is CCC(C)(C)NC(=O)COC(=O)C1CCN(C(=O)c2ccc(C(F)(F)F)cc2)CC1. The molecule has 1 aromatic rings. The quantitative estimate of drug-likeness (QED) is 0.705. The Balaban J connectivity index is 1.82. The molecule has 2 rings (SSSR count). The van der Waals surface area contributed by atoms with E-state index in [0.29, 0.717) is 12.8 Å². The van der Waals surface area contributed by atoms with Crippen molar-refractivity contribution < 1.29 is 32.3 Å². The zero-order chi connectivity index (χ0) is 22.5. The summed E-state index contributed by atoms with van der Waals surface area (Å²) in [4.78, 5) is 38.1. The summed E-state index contributed by atoms with van der Waals surface area (Å²) in [7, 11) is 0. The van der Waals surface area contributed by atoms with Crippen LogP contribution in [-0.2, 0) is 20.5 Å². The molecule has 1 aliphatic rings. The molecule has 0 unspecified atom stereocenters. The first-order valence-electron chi connectivity index (χ1n) is 9.87. The van der Waals surface area contributed by atoms with Crippen molar-refractivity contribution in [1.29, 1.82) is 0 Å². The van der Waals surface area contributed by atoms with Crippen LogP contribution in [0.1, 0.15) is 56.0 Å². The second-order valence-electron chi connectivity index (χ2n) is 8.03. The van der Waals surface area contributed by atoms with E-state index in [1.807, 2.05) is 20.8 Å². The van der Waals surface area contributed by atoms with Gasteiger partial charge in [0.15, 0.2) is 6.61 Å². The number of rotatable bonds is 6. The van der Waals surface area contributed by atoms with Crippen molar-refractivity contribution in [3.8, 4) is 0 Å². The van der Waals surface area contributed by atoms with Crippen LogP contribution in [0.5, 0.6) is 0 Å². The van der Waals surface area contributed by atoms with Gasteiger partial charge in [-0.25, -0.2) is 0 Å². The molecule has 0 aromatic heterocycles. The normalized spacial score (nSPS) is 15.6. The second kappa shape index (κ2) is 9.49. The number of halogens is 3. The van der Waals surface area contributed by atoms with Crippen LogP contribution >= 0.6 is 0 Å². The number of hydrogen-bond donors (Lipinski definition) is 1. The van der Waals surface area contributed by atoms with Gasteiger partial charge in [-0.2, -0.15) is 13.2 Å². The fraction of sp³-hybridized carbons (Fsp3) is 0.571. The third-order valence-corrected chi connectivity index (χ3v) is 5.28. The number of esters is 1. The molecule has 0 atom stereocenters. The molecule has 1 saturated heterocycles. The molecule has 0 saturated carbocycles. The fourth-order valence-corrected chi connectivity index (χ4v) is 3.06. The summed E-state index contributed by atoms with van der Waals surface area (Å²) in [6.45, 7) is 5.90. The first-order valence-corrected chi connectivity index (χ1v) is 9.87. The van der Waals surface area contributed by atoms with Gasteiger partial charge in [-0.3, -0.25) is 14.4 Å². The van der Waals surface area contributed by atoms with Crippen LogP contribution < -0.4 is 5.32 Å². The van der Waals surface area contributed by atoms with E-state index in [0.717, 1.165) is 30.7 Å². The minimum Gasteiger partial charge on any atom is -0.455 e. The Bertz CT molecular complexity index is 767. The molecular weight excluding hydrogens is 401 g/mol. The van der Waals surface area contributed by atoms with E-state index in [1.54, 1.807) is 0 Å². The smallest absolute Gasteiger partial charge is 0.416 e. The highest BCUT2D eigenvalue weighted by Crippen LogP contribution is 2.29. The molecule has 1 fully saturated rings. The number of piperidine rings is 1. The van der Waals surface area contributed by atoms with E-state index in [9.17, 15) is 27.6 Å². The number of amides is 2. The van der Waals surface area contributed by atoms with Gasteiger partial charge in [0.25, 0.3) is 11.8 Å². The van der Waals surface area contributed by atoms with Gasteiger partial charge in [0.2, 0.25) is 0 Å². The lowest BCUT2D eigenvalue weighted by atomic mass is 9.96. The minimum absolute atomic E-state index is 0.166. The highest BCUT2D eigenvalue weighted by molar-refractivity contribution is 5.94. The van der Waals surface area contributed by atoms with E-state index in [1.165, 1.54) is 4.90 Å². The van der Waals surface area contributed by atoms with Gasteiger partial charge in [-0.15, -0.1) is 0 Å². The molecule has 0 bridgehead atoms.